The average molecular weight is 216 g/mol. The first-order valence-corrected chi connectivity index (χ1v) is 5.67. The predicted octanol–water partition coefficient (Wildman–Crippen LogP) is 1.88. The molecule has 1 saturated heterocycles. The molecule has 0 amide bonds. The van der Waals surface area contributed by atoms with E-state index in [1.807, 2.05) is 41.3 Å². The van der Waals surface area contributed by atoms with Gasteiger partial charge >= 0.3 is 0 Å². The number of benzene rings is 1. The molecule has 0 saturated carbocycles. The summed E-state index contributed by atoms with van der Waals surface area (Å²) in [7, 11) is 0. The van der Waals surface area contributed by atoms with E-state index in [0.717, 1.165) is 24.9 Å². The zero-order valence-electron chi connectivity index (χ0n) is 9.26. The van der Waals surface area contributed by atoms with Gasteiger partial charge < -0.3 is 5.11 Å². The van der Waals surface area contributed by atoms with Crippen LogP contribution in [0, 0.1) is 11.3 Å². The molecule has 1 N–H and O–H groups in total. The lowest BCUT2D eigenvalue weighted by Crippen LogP contribution is -2.50. The maximum absolute atomic E-state index is 10.2. The molecular formula is C13H16N2O. The van der Waals surface area contributed by atoms with Crippen molar-refractivity contribution in [2.75, 3.05) is 6.54 Å². The number of hydrogen-bond donors (Lipinski definition) is 1. The highest BCUT2D eigenvalue weighted by atomic mass is 16.3. The summed E-state index contributed by atoms with van der Waals surface area (Å²) in [4.78, 5) is 1.87. The summed E-state index contributed by atoms with van der Waals surface area (Å²) in [6.07, 6.45) is 2.53. The fourth-order valence-electron chi connectivity index (χ4n) is 2.16. The molecule has 1 heterocycles. The molecule has 1 aromatic carbocycles. The van der Waals surface area contributed by atoms with Crippen molar-refractivity contribution in [1.29, 1.82) is 5.26 Å². The molecule has 1 atom stereocenters. The lowest BCUT2D eigenvalue weighted by Gasteiger charge is -2.38. The number of nitriles is 1. The predicted molar refractivity (Wildman–Crippen MR) is 61.3 cm³/mol. The van der Waals surface area contributed by atoms with Crippen molar-refractivity contribution in [3.05, 3.63) is 35.9 Å². The van der Waals surface area contributed by atoms with E-state index in [1.54, 1.807) is 0 Å². The Hall–Kier alpha value is -1.37. The van der Waals surface area contributed by atoms with Gasteiger partial charge in [0.05, 0.1) is 0 Å². The molecule has 84 valence electrons. The monoisotopic (exact) mass is 216 g/mol. The van der Waals surface area contributed by atoms with E-state index in [2.05, 4.69) is 0 Å². The Kier molecular flexibility index (Phi) is 3.23. The first-order chi connectivity index (χ1) is 7.74. The van der Waals surface area contributed by atoms with E-state index >= 15 is 0 Å². The molecule has 1 fully saturated rings. The largest absolute Gasteiger partial charge is 0.363 e. The Morgan fingerprint density at radius 1 is 1.31 bits per heavy atom. The van der Waals surface area contributed by atoms with E-state index in [9.17, 15) is 5.11 Å². The van der Waals surface area contributed by atoms with Crippen LogP contribution in [0.1, 0.15) is 24.8 Å². The zero-order chi connectivity index (χ0) is 11.4. The second-order valence-corrected chi connectivity index (χ2v) is 4.29. The number of rotatable bonds is 2. The summed E-state index contributed by atoms with van der Waals surface area (Å²) in [6.45, 7) is 1.43. The summed E-state index contributed by atoms with van der Waals surface area (Å²) in [5.74, 6) is 0. The van der Waals surface area contributed by atoms with Gasteiger partial charge in [0.15, 0.2) is 0 Å². The van der Waals surface area contributed by atoms with Crippen LogP contribution in [0.2, 0.25) is 0 Å². The van der Waals surface area contributed by atoms with Crippen molar-refractivity contribution in [1.82, 2.24) is 4.90 Å². The highest BCUT2D eigenvalue weighted by Gasteiger charge is 2.36. The van der Waals surface area contributed by atoms with Crippen molar-refractivity contribution < 1.29 is 5.11 Å². The van der Waals surface area contributed by atoms with Gasteiger partial charge in [0.1, 0.15) is 6.07 Å². The van der Waals surface area contributed by atoms with Crippen molar-refractivity contribution in [2.45, 2.75) is 31.5 Å². The SMILES string of the molecule is N#CC1(O)CCCCN1Cc1ccccc1. The maximum Gasteiger partial charge on any atom is 0.208 e. The van der Waals surface area contributed by atoms with E-state index < -0.39 is 5.72 Å². The molecule has 16 heavy (non-hydrogen) atoms. The van der Waals surface area contributed by atoms with E-state index in [-0.39, 0.29) is 0 Å². The number of aliphatic hydroxyl groups is 1. The molecule has 3 heteroatoms. The summed E-state index contributed by atoms with van der Waals surface area (Å²) in [5, 5.41) is 19.2. The average Bonchev–Trinajstić information content (AvgIpc) is 2.34. The molecule has 0 bridgehead atoms. The Morgan fingerprint density at radius 2 is 2.06 bits per heavy atom. The molecule has 0 radical (unpaired) electrons. The van der Waals surface area contributed by atoms with Gasteiger partial charge in [0.2, 0.25) is 5.72 Å². The minimum Gasteiger partial charge on any atom is -0.363 e. The van der Waals surface area contributed by atoms with Crippen LogP contribution in [0.25, 0.3) is 0 Å². The lowest BCUT2D eigenvalue weighted by atomic mass is 9.98. The fourth-order valence-corrected chi connectivity index (χ4v) is 2.16. The van der Waals surface area contributed by atoms with Gasteiger partial charge in [-0.25, -0.2) is 0 Å². The third-order valence-electron chi connectivity index (χ3n) is 3.12. The highest BCUT2D eigenvalue weighted by molar-refractivity contribution is 5.16. The Balaban J connectivity index is 2.11. The minimum absolute atomic E-state index is 0.552. The van der Waals surface area contributed by atoms with Crippen molar-refractivity contribution >= 4 is 0 Å². The van der Waals surface area contributed by atoms with Gasteiger partial charge in [-0.05, 0) is 18.4 Å². The summed E-state index contributed by atoms with van der Waals surface area (Å²) < 4.78 is 0. The second kappa shape index (κ2) is 4.65. The van der Waals surface area contributed by atoms with Crippen LogP contribution in [0.15, 0.2) is 30.3 Å². The van der Waals surface area contributed by atoms with E-state index in [1.165, 1.54) is 0 Å². The summed E-state index contributed by atoms with van der Waals surface area (Å²) in [6, 6.07) is 12.0. The molecule has 2 rings (SSSR count). The molecule has 0 aromatic heterocycles. The summed E-state index contributed by atoms with van der Waals surface area (Å²) in [5.41, 5.74) is -0.133. The normalized spacial score (nSPS) is 26.2. The van der Waals surface area contributed by atoms with Crippen LogP contribution in [0.3, 0.4) is 0 Å². The lowest BCUT2D eigenvalue weighted by molar-refractivity contribution is -0.0913. The smallest absolute Gasteiger partial charge is 0.208 e. The second-order valence-electron chi connectivity index (χ2n) is 4.29. The van der Waals surface area contributed by atoms with Gasteiger partial charge in [-0.15, -0.1) is 0 Å². The third kappa shape index (κ3) is 2.24. The molecule has 3 nitrogen and oxygen atoms in total. The quantitative estimate of drug-likeness (QED) is 0.768. The Labute approximate surface area is 95.9 Å². The highest BCUT2D eigenvalue weighted by Crippen LogP contribution is 2.26. The molecule has 1 unspecified atom stereocenters. The molecule has 0 spiro atoms. The summed E-state index contributed by atoms with van der Waals surface area (Å²) >= 11 is 0. The van der Waals surface area contributed by atoms with Crippen LogP contribution in [-0.4, -0.2) is 22.3 Å². The first-order valence-electron chi connectivity index (χ1n) is 5.67. The van der Waals surface area contributed by atoms with Gasteiger partial charge in [0, 0.05) is 19.5 Å². The van der Waals surface area contributed by atoms with Crippen molar-refractivity contribution in [2.24, 2.45) is 0 Å². The maximum atomic E-state index is 10.2. The van der Waals surface area contributed by atoms with Gasteiger partial charge in [-0.2, -0.15) is 5.26 Å². The van der Waals surface area contributed by atoms with Crippen molar-refractivity contribution in [3.63, 3.8) is 0 Å². The van der Waals surface area contributed by atoms with Gasteiger partial charge in [-0.3, -0.25) is 4.90 Å². The number of nitrogens with zero attached hydrogens (tertiary/aromatic N) is 2. The topological polar surface area (TPSA) is 47.3 Å². The number of hydrogen-bond acceptors (Lipinski definition) is 3. The van der Waals surface area contributed by atoms with Crippen LogP contribution in [-0.2, 0) is 6.54 Å². The third-order valence-corrected chi connectivity index (χ3v) is 3.12. The van der Waals surface area contributed by atoms with E-state index in [0.29, 0.717) is 13.0 Å². The number of likely N-dealkylation sites (tertiary alicyclic amines) is 1. The Bertz CT molecular complexity index is 385. The van der Waals surface area contributed by atoms with Gasteiger partial charge in [0.25, 0.3) is 0 Å². The van der Waals surface area contributed by atoms with Crippen molar-refractivity contribution in [3.8, 4) is 6.07 Å². The van der Waals surface area contributed by atoms with Gasteiger partial charge in [-0.1, -0.05) is 30.3 Å². The van der Waals surface area contributed by atoms with E-state index in [4.69, 9.17) is 5.26 Å². The molecule has 1 aromatic rings. The van der Waals surface area contributed by atoms with Crippen LogP contribution in [0.4, 0.5) is 0 Å². The Morgan fingerprint density at radius 3 is 2.75 bits per heavy atom. The molecule has 1 aliphatic heterocycles. The first kappa shape index (κ1) is 11.1. The molecular weight excluding hydrogens is 200 g/mol. The zero-order valence-corrected chi connectivity index (χ0v) is 9.26. The standard InChI is InChI=1S/C13H16N2O/c14-11-13(16)8-4-5-9-15(13)10-12-6-2-1-3-7-12/h1-3,6-7,16H,4-5,8-10H2. The molecule has 0 aliphatic carbocycles. The number of piperidine rings is 1. The molecule has 1 aliphatic rings. The minimum atomic E-state index is -1.27. The van der Waals surface area contributed by atoms with Crippen LogP contribution in [0.5, 0.6) is 0 Å². The van der Waals surface area contributed by atoms with Crippen LogP contribution < -0.4 is 0 Å². The fraction of sp³-hybridized carbons (Fsp3) is 0.462. The van der Waals surface area contributed by atoms with Crippen LogP contribution >= 0.6 is 0 Å².